The van der Waals surface area contributed by atoms with Crippen LogP contribution in [0.15, 0.2) is 36.5 Å². The van der Waals surface area contributed by atoms with E-state index in [0.29, 0.717) is 6.54 Å². The Morgan fingerprint density at radius 1 is 1.30 bits per heavy atom. The van der Waals surface area contributed by atoms with E-state index >= 15 is 0 Å². The molecule has 1 N–H and O–H groups in total. The monoisotopic (exact) mass is 313 g/mol. The van der Waals surface area contributed by atoms with Crippen molar-refractivity contribution in [2.75, 3.05) is 13.6 Å². The summed E-state index contributed by atoms with van der Waals surface area (Å²) in [5.41, 5.74) is 1.32. The van der Waals surface area contributed by atoms with E-state index in [1.54, 1.807) is 17.9 Å². The molecule has 0 atom stereocenters. The molecular weight excluding hydrogens is 294 g/mol. The van der Waals surface area contributed by atoms with E-state index in [4.69, 9.17) is 0 Å². The molecule has 0 spiro atoms. The lowest BCUT2D eigenvalue weighted by Crippen LogP contribution is -2.39. The molecule has 120 valence electrons. The summed E-state index contributed by atoms with van der Waals surface area (Å²) in [7, 11) is 1.59. The van der Waals surface area contributed by atoms with Crippen molar-refractivity contribution >= 4 is 11.8 Å². The molecule has 0 radical (unpaired) electrons. The van der Waals surface area contributed by atoms with Crippen LogP contribution in [0, 0.1) is 0 Å². The lowest BCUT2D eigenvalue weighted by molar-refractivity contribution is -0.121. The summed E-state index contributed by atoms with van der Waals surface area (Å²) >= 11 is 0. The lowest BCUT2D eigenvalue weighted by Gasteiger charge is -2.14. The predicted molar refractivity (Wildman–Crippen MR) is 83.7 cm³/mol. The molecule has 1 aliphatic carbocycles. The SMILES string of the molecule is CN(CC(=O)NC1CC1)C(=O)c1cn(Cc2ccccc2)nn1. The fraction of sp³-hybridized carbons (Fsp3) is 0.375. The van der Waals surface area contributed by atoms with Gasteiger partial charge in [-0.15, -0.1) is 5.10 Å². The first-order chi connectivity index (χ1) is 11.1. The van der Waals surface area contributed by atoms with E-state index in [0.717, 1.165) is 18.4 Å². The highest BCUT2D eigenvalue weighted by molar-refractivity contribution is 5.94. The molecule has 0 saturated heterocycles. The maximum atomic E-state index is 12.3. The number of benzene rings is 1. The van der Waals surface area contributed by atoms with E-state index in [1.165, 1.54) is 4.90 Å². The van der Waals surface area contributed by atoms with Crippen molar-refractivity contribution in [1.29, 1.82) is 0 Å². The number of rotatable bonds is 6. The van der Waals surface area contributed by atoms with Crippen LogP contribution < -0.4 is 5.32 Å². The Kier molecular flexibility index (Phi) is 4.36. The maximum absolute atomic E-state index is 12.3. The van der Waals surface area contributed by atoms with Gasteiger partial charge in [-0.3, -0.25) is 9.59 Å². The Balaban J connectivity index is 1.57. The van der Waals surface area contributed by atoms with Crippen LogP contribution in [0.5, 0.6) is 0 Å². The molecule has 1 fully saturated rings. The molecule has 1 aromatic heterocycles. The summed E-state index contributed by atoms with van der Waals surface area (Å²) in [5.74, 6) is -0.449. The van der Waals surface area contributed by atoms with E-state index in [-0.39, 0.29) is 30.1 Å². The molecule has 1 aliphatic rings. The molecule has 0 aliphatic heterocycles. The first-order valence-electron chi connectivity index (χ1n) is 7.60. The predicted octanol–water partition coefficient (Wildman–Crippen LogP) is 0.677. The molecule has 7 nitrogen and oxygen atoms in total. The fourth-order valence-corrected chi connectivity index (χ4v) is 2.23. The molecule has 1 aromatic carbocycles. The molecule has 1 heterocycles. The second kappa shape index (κ2) is 6.60. The third-order valence-electron chi connectivity index (χ3n) is 3.62. The fourth-order valence-electron chi connectivity index (χ4n) is 2.23. The van der Waals surface area contributed by atoms with Gasteiger partial charge in [0.15, 0.2) is 5.69 Å². The van der Waals surface area contributed by atoms with E-state index in [9.17, 15) is 9.59 Å². The minimum atomic E-state index is -0.310. The summed E-state index contributed by atoms with van der Waals surface area (Å²) in [5, 5.41) is 10.7. The van der Waals surface area contributed by atoms with Gasteiger partial charge in [0.2, 0.25) is 5.91 Å². The van der Waals surface area contributed by atoms with Gasteiger partial charge < -0.3 is 10.2 Å². The number of hydrogen-bond donors (Lipinski definition) is 1. The number of nitrogens with zero attached hydrogens (tertiary/aromatic N) is 4. The molecule has 2 amide bonds. The first-order valence-corrected chi connectivity index (χ1v) is 7.60. The quantitative estimate of drug-likeness (QED) is 0.850. The molecule has 2 aromatic rings. The summed E-state index contributed by atoms with van der Waals surface area (Å²) in [6, 6.07) is 10.1. The standard InChI is InChI=1S/C16H19N5O2/c1-20(11-15(22)17-13-7-8-13)16(23)14-10-21(19-18-14)9-12-5-3-2-4-6-12/h2-6,10,13H,7-9,11H2,1H3,(H,17,22). The van der Waals surface area contributed by atoms with Crippen LogP contribution in [-0.2, 0) is 11.3 Å². The Labute approximate surface area is 134 Å². The largest absolute Gasteiger partial charge is 0.352 e. The van der Waals surface area contributed by atoms with Crippen LogP contribution in [0.1, 0.15) is 28.9 Å². The molecule has 3 rings (SSSR count). The van der Waals surface area contributed by atoms with E-state index < -0.39 is 0 Å². The molecule has 7 heteroatoms. The number of carbonyl (C=O) groups excluding carboxylic acids is 2. The van der Waals surface area contributed by atoms with Crippen molar-refractivity contribution in [2.45, 2.75) is 25.4 Å². The molecular formula is C16H19N5O2. The van der Waals surface area contributed by atoms with Gasteiger partial charge in [0.25, 0.3) is 5.91 Å². The van der Waals surface area contributed by atoms with Gasteiger partial charge in [0.05, 0.1) is 19.3 Å². The van der Waals surface area contributed by atoms with Crippen molar-refractivity contribution in [2.24, 2.45) is 0 Å². The third-order valence-corrected chi connectivity index (χ3v) is 3.62. The number of aromatic nitrogens is 3. The van der Waals surface area contributed by atoms with Gasteiger partial charge >= 0.3 is 0 Å². The Hall–Kier alpha value is -2.70. The zero-order valence-corrected chi connectivity index (χ0v) is 13.0. The summed E-state index contributed by atoms with van der Waals surface area (Å²) in [6.07, 6.45) is 3.65. The molecule has 0 bridgehead atoms. The first kappa shape index (κ1) is 15.2. The zero-order valence-electron chi connectivity index (χ0n) is 13.0. The van der Waals surface area contributed by atoms with Gasteiger partial charge in [-0.2, -0.15) is 0 Å². The van der Waals surface area contributed by atoms with Gasteiger partial charge in [0, 0.05) is 13.1 Å². The number of carbonyl (C=O) groups is 2. The Morgan fingerprint density at radius 2 is 2.04 bits per heavy atom. The second-order valence-electron chi connectivity index (χ2n) is 5.79. The third kappa shape index (κ3) is 4.15. The Bertz CT molecular complexity index is 694. The average Bonchev–Trinajstić information content (AvgIpc) is 3.23. The molecule has 23 heavy (non-hydrogen) atoms. The van der Waals surface area contributed by atoms with Crippen LogP contribution in [0.3, 0.4) is 0 Å². The minimum absolute atomic E-state index is 0.0286. The van der Waals surface area contributed by atoms with Crippen molar-refractivity contribution in [3.8, 4) is 0 Å². The van der Waals surface area contributed by atoms with Crippen LogP contribution in [0.2, 0.25) is 0 Å². The van der Waals surface area contributed by atoms with Gasteiger partial charge in [-0.05, 0) is 18.4 Å². The number of hydrogen-bond acceptors (Lipinski definition) is 4. The van der Waals surface area contributed by atoms with Crippen LogP contribution in [0.4, 0.5) is 0 Å². The number of likely N-dealkylation sites (N-methyl/N-ethyl adjacent to an activating group) is 1. The highest BCUT2D eigenvalue weighted by atomic mass is 16.2. The van der Waals surface area contributed by atoms with Crippen molar-refractivity contribution in [3.63, 3.8) is 0 Å². The Morgan fingerprint density at radius 3 is 2.74 bits per heavy atom. The van der Waals surface area contributed by atoms with Crippen molar-refractivity contribution in [1.82, 2.24) is 25.2 Å². The number of nitrogens with one attached hydrogen (secondary N) is 1. The molecule has 1 saturated carbocycles. The van der Waals surface area contributed by atoms with Gasteiger partial charge in [0.1, 0.15) is 0 Å². The molecule has 0 unspecified atom stereocenters. The minimum Gasteiger partial charge on any atom is -0.352 e. The zero-order chi connectivity index (χ0) is 16.2. The van der Waals surface area contributed by atoms with Crippen LogP contribution in [0.25, 0.3) is 0 Å². The summed E-state index contributed by atoms with van der Waals surface area (Å²) < 4.78 is 1.61. The van der Waals surface area contributed by atoms with Crippen molar-refractivity contribution < 1.29 is 9.59 Å². The average molecular weight is 313 g/mol. The highest BCUT2D eigenvalue weighted by Gasteiger charge is 2.25. The van der Waals surface area contributed by atoms with Gasteiger partial charge in [-0.25, -0.2) is 4.68 Å². The summed E-state index contributed by atoms with van der Waals surface area (Å²) in [6.45, 7) is 0.577. The van der Waals surface area contributed by atoms with Crippen molar-refractivity contribution in [3.05, 3.63) is 47.8 Å². The van der Waals surface area contributed by atoms with Crippen LogP contribution >= 0.6 is 0 Å². The normalized spacial score (nSPS) is 13.6. The smallest absolute Gasteiger partial charge is 0.276 e. The summed E-state index contributed by atoms with van der Waals surface area (Å²) in [4.78, 5) is 25.4. The second-order valence-corrected chi connectivity index (χ2v) is 5.79. The number of amides is 2. The topological polar surface area (TPSA) is 80.1 Å². The van der Waals surface area contributed by atoms with E-state index in [1.807, 2.05) is 30.3 Å². The lowest BCUT2D eigenvalue weighted by atomic mass is 10.2. The van der Waals surface area contributed by atoms with Gasteiger partial charge in [-0.1, -0.05) is 35.5 Å². The highest BCUT2D eigenvalue weighted by Crippen LogP contribution is 2.18. The van der Waals surface area contributed by atoms with E-state index in [2.05, 4.69) is 15.6 Å². The maximum Gasteiger partial charge on any atom is 0.276 e. The van der Waals surface area contributed by atoms with Crippen LogP contribution in [-0.4, -0.2) is 51.3 Å².